The lowest BCUT2D eigenvalue weighted by Gasteiger charge is -2.03. The molecule has 0 bridgehead atoms. The summed E-state index contributed by atoms with van der Waals surface area (Å²) in [7, 11) is 1.58. The van der Waals surface area contributed by atoms with Gasteiger partial charge in [0.2, 0.25) is 5.88 Å². The molecule has 1 rings (SSSR count). The minimum atomic E-state index is -0.138. The Hall–Kier alpha value is -1.81. The van der Waals surface area contributed by atoms with Crippen molar-refractivity contribution in [2.75, 3.05) is 12.4 Å². The van der Waals surface area contributed by atoms with E-state index in [1.807, 2.05) is 6.07 Å². The highest BCUT2D eigenvalue weighted by atomic mass is 16.5. The molecule has 1 atom stereocenters. The number of anilines is 1. The van der Waals surface area contributed by atoms with Gasteiger partial charge in [0, 0.05) is 24.0 Å². The van der Waals surface area contributed by atoms with Crippen molar-refractivity contribution in [2.45, 2.75) is 6.04 Å². The summed E-state index contributed by atoms with van der Waals surface area (Å²) in [5.74, 6) is 0.571. The van der Waals surface area contributed by atoms with Gasteiger partial charge in [0.15, 0.2) is 0 Å². The Balaban J connectivity index is 2.57. The summed E-state index contributed by atoms with van der Waals surface area (Å²) in [5.41, 5.74) is 6.51. The molecular formula is C11H15N3O. The maximum atomic E-state index is 5.61. The monoisotopic (exact) mass is 205 g/mol. The van der Waals surface area contributed by atoms with Crippen molar-refractivity contribution in [2.24, 2.45) is 5.73 Å². The molecule has 1 heterocycles. The number of nitrogens with one attached hydrogen (secondary N) is 1. The highest BCUT2D eigenvalue weighted by Crippen LogP contribution is 2.12. The van der Waals surface area contributed by atoms with Crippen molar-refractivity contribution in [3.63, 3.8) is 0 Å². The average Bonchev–Trinajstić information content (AvgIpc) is 2.29. The van der Waals surface area contributed by atoms with Crippen LogP contribution in [0.2, 0.25) is 0 Å². The fourth-order valence-electron chi connectivity index (χ4n) is 0.945. The fourth-order valence-corrected chi connectivity index (χ4v) is 0.945. The molecule has 0 aliphatic heterocycles. The third kappa shape index (κ3) is 3.83. The van der Waals surface area contributed by atoms with Gasteiger partial charge in [0.05, 0.1) is 7.11 Å². The van der Waals surface area contributed by atoms with E-state index >= 15 is 0 Å². The molecule has 1 aromatic heterocycles. The molecule has 0 saturated carbocycles. The largest absolute Gasteiger partial charge is 0.481 e. The van der Waals surface area contributed by atoms with E-state index in [2.05, 4.69) is 16.9 Å². The summed E-state index contributed by atoms with van der Waals surface area (Å²) >= 11 is 0. The molecule has 1 aromatic rings. The summed E-state index contributed by atoms with van der Waals surface area (Å²) in [6, 6.07) is 3.50. The number of hydrogen-bond acceptors (Lipinski definition) is 4. The average molecular weight is 205 g/mol. The number of rotatable bonds is 5. The first-order valence-electron chi connectivity index (χ1n) is 4.57. The molecule has 0 radical (unpaired) electrons. The molecule has 0 amide bonds. The second-order valence-corrected chi connectivity index (χ2v) is 2.90. The lowest BCUT2D eigenvalue weighted by molar-refractivity contribution is 0.398. The smallest absolute Gasteiger partial charge is 0.214 e. The Morgan fingerprint density at radius 1 is 1.67 bits per heavy atom. The van der Waals surface area contributed by atoms with Crippen LogP contribution in [0.5, 0.6) is 5.88 Å². The molecule has 0 unspecified atom stereocenters. The zero-order valence-corrected chi connectivity index (χ0v) is 8.68. The van der Waals surface area contributed by atoms with Gasteiger partial charge in [-0.15, -0.1) is 6.58 Å². The lowest BCUT2D eigenvalue weighted by Crippen LogP contribution is -2.12. The lowest BCUT2D eigenvalue weighted by atomic mass is 10.3. The van der Waals surface area contributed by atoms with Crippen molar-refractivity contribution in [1.29, 1.82) is 0 Å². The van der Waals surface area contributed by atoms with Crippen LogP contribution in [-0.2, 0) is 0 Å². The highest BCUT2D eigenvalue weighted by Gasteiger charge is 1.93. The first kappa shape index (κ1) is 11.3. The Kier molecular flexibility index (Phi) is 4.37. The summed E-state index contributed by atoms with van der Waals surface area (Å²) < 4.78 is 4.99. The van der Waals surface area contributed by atoms with Crippen LogP contribution in [0, 0.1) is 0 Å². The molecule has 0 spiro atoms. The molecule has 0 aromatic carbocycles. The molecule has 0 aliphatic rings. The summed E-state index contributed by atoms with van der Waals surface area (Å²) in [5, 5.41) is 3.06. The Labute approximate surface area is 89.5 Å². The SMILES string of the molecule is C=C[C@H](N)/C=C/Nc1ccnc(OC)c1. The maximum absolute atomic E-state index is 5.61. The van der Waals surface area contributed by atoms with Gasteiger partial charge in [-0.25, -0.2) is 4.98 Å². The quantitative estimate of drug-likeness (QED) is 0.716. The molecule has 0 saturated heterocycles. The number of nitrogens with zero attached hydrogens (tertiary/aromatic N) is 1. The zero-order chi connectivity index (χ0) is 11.1. The van der Waals surface area contributed by atoms with E-state index in [0.29, 0.717) is 5.88 Å². The third-order valence-corrected chi connectivity index (χ3v) is 1.78. The Bertz CT molecular complexity index is 349. The number of aromatic nitrogens is 1. The minimum Gasteiger partial charge on any atom is -0.481 e. The van der Waals surface area contributed by atoms with Crippen LogP contribution in [0.25, 0.3) is 0 Å². The molecule has 4 heteroatoms. The van der Waals surface area contributed by atoms with E-state index in [1.165, 1.54) is 0 Å². The first-order chi connectivity index (χ1) is 7.26. The van der Waals surface area contributed by atoms with Crippen molar-refractivity contribution in [1.82, 2.24) is 4.98 Å². The summed E-state index contributed by atoms with van der Waals surface area (Å²) in [4.78, 5) is 3.99. The predicted molar refractivity (Wildman–Crippen MR) is 61.7 cm³/mol. The van der Waals surface area contributed by atoms with Gasteiger partial charge in [-0.3, -0.25) is 0 Å². The molecule has 15 heavy (non-hydrogen) atoms. The standard InChI is InChI=1S/C11H15N3O/c1-3-9(12)4-6-13-10-5-7-14-11(8-10)15-2/h3-9H,1,12H2,2H3,(H,13,14)/b6-4+/t9-/m0/s1. The number of methoxy groups -OCH3 is 1. The second-order valence-electron chi connectivity index (χ2n) is 2.90. The van der Waals surface area contributed by atoms with E-state index in [0.717, 1.165) is 5.69 Å². The van der Waals surface area contributed by atoms with Crippen LogP contribution < -0.4 is 15.8 Å². The van der Waals surface area contributed by atoms with Crippen LogP contribution in [0.3, 0.4) is 0 Å². The second kappa shape index (κ2) is 5.82. The Morgan fingerprint density at radius 3 is 3.13 bits per heavy atom. The van der Waals surface area contributed by atoms with Gasteiger partial charge in [-0.2, -0.15) is 0 Å². The number of ether oxygens (including phenoxy) is 1. The van der Waals surface area contributed by atoms with Crippen LogP contribution in [0.15, 0.2) is 43.3 Å². The number of pyridine rings is 1. The number of nitrogens with two attached hydrogens (primary N) is 1. The summed E-state index contributed by atoms with van der Waals surface area (Å²) in [6.07, 6.45) is 6.90. The van der Waals surface area contributed by atoms with Crippen LogP contribution in [-0.4, -0.2) is 18.1 Å². The molecule has 4 nitrogen and oxygen atoms in total. The van der Waals surface area contributed by atoms with Crippen molar-refractivity contribution < 1.29 is 4.74 Å². The topological polar surface area (TPSA) is 60.2 Å². The molecule has 80 valence electrons. The van der Waals surface area contributed by atoms with Crippen molar-refractivity contribution in [3.05, 3.63) is 43.3 Å². The third-order valence-electron chi connectivity index (χ3n) is 1.78. The molecule has 3 N–H and O–H groups in total. The van der Waals surface area contributed by atoms with Crippen LogP contribution >= 0.6 is 0 Å². The minimum absolute atomic E-state index is 0.138. The molecular weight excluding hydrogens is 190 g/mol. The fraction of sp³-hybridized carbons (Fsp3) is 0.182. The normalized spacial score (nSPS) is 12.4. The first-order valence-corrected chi connectivity index (χ1v) is 4.57. The van der Waals surface area contributed by atoms with Crippen molar-refractivity contribution >= 4 is 5.69 Å². The van der Waals surface area contributed by atoms with E-state index < -0.39 is 0 Å². The van der Waals surface area contributed by atoms with Gasteiger partial charge >= 0.3 is 0 Å². The summed E-state index contributed by atoms with van der Waals surface area (Å²) in [6.45, 7) is 3.58. The Morgan fingerprint density at radius 2 is 2.47 bits per heavy atom. The van der Waals surface area contributed by atoms with E-state index in [4.69, 9.17) is 10.5 Å². The van der Waals surface area contributed by atoms with E-state index in [9.17, 15) is 0 Å². The van der Waals surface area contributed by atoms with E-state index in [1.54, 1.807) is 37.7 Å². The van der Waals surface area contributed by atoms with E-state index in [-0.39, 0.29) is 6.04 Å². The van der Waals surface area contributed by atoms with Gasteiger partial charge in [-0.05, 0) is 18.3 Å². The van der Waals surface area contributed by atoms with Gasteiger partial charge in [-0.1, -0.05) is 6.08 Å². The predicted octanol–water partition coefficient (Wildman–Crippen LogP) is 1.53. The molecule has 0 aliphatic carbocycles. The van der Waals surface area contributed by atoms with Crippen molar-refractivity contribution in [3.8, 4) is 5.88 Å². The van der Waals surface area contributed by atoms with Crippen LogP contribution in [0.1, 0.15) is 0 Å². The maximum Gasteiger partial charge on any atom is 0.214 e. The molecule has 0 fully saturated rings. The highest BCUT2D eigenvalue weighted by molar-refractivity contribution is 5.47. The number of hydrogen-bond donors (Lipinski definition) is 2. The van der Waals surface area contributed by atoms with Gasteiger partial charge in [0.25, 0.3) is 0 Å². The van der Waals surface area contributed by atoms with Gasteiger partial charge < -0.3 is 15.8 Å². The zero-order valence-electron chi connectivity index (χ0n) is 8.68. The van der Waals surface area contributed by atoms with Crippen LogP contribution in [0.4, 0.5) is 5.69 Å². The van der Waals surface area contributed by atoms with Gasteiger partial charge in [0.1, 0.15) is 0 Å².